The highest BCUT2D eigenvalue weighted by molar-refractivity contribution is 5.68. The van der Waals surface area contributed by atoms with Crippen molar-refractivity contribution in [2.75, 3.05) is 13.1 Å². The topological polar surface area (TPSA) is 53.3 Å². The van der Waals surface area contributed by atoms with Gasteiger partial charge < -0.3 is 9.64 Å². The zero-order valence-electron chi connectivity index (χ0n) is 11.5. The normalized spacial score (nSPS) is 28.7. The Morgan fingerprint density at radius 3 is 2.61 bits per heavy atom. The molecular weight excluding hydrogens is 235 g/mol. The molecule has 2 unspecified atom stereocenters. The Morgan fingerprint density at radius 2 is 2.22 bits per heavy atom. The molecule has 0 radical (unpaired) electrons. The lowest BCUT2D eigenvalue weighted by atomic mass is 9.76. The molecule has 1 rings (SSSR count). The number of piperidine rings is 1. The summed E-state index contributed by atoms with van der Waals surface area (Å²) in [4.78, 5) is 13.1. The SMILES string of the molecule is CCC1(C#N)CCN(C(=O)OC(C)(C)C)CC1F. The molecule has 2 atom stereocenters. The van der Waals surface area contributed by atoms with Crippen LogP contribution >= 0.6 is 0 Å². The van der Waals surface area contributed by atoms with E-state index in [0.29, 0.717) is 19.4 Å². The third kappa shape index (κ3) is 3.12. The second-order valence-corrected chi connectivity index (χ2v) is 5.77. The number of nitriles is 1. The van der Waals surface area contributed by atoms with Crippen LogP contribution in [0.15, 0.2) is 0 Å². The van der Waals surface area contributed by atoms with E-state index in [4.69, 9.17) is 10.00 Å². The fraction of sp³-hybridized carbons (Fsp3) is 0.846. The molecule has 1 aliphatic rings. The molecule has 18 heavy (non-hydrogen) atoms. The van der Waals surface area contributed by atoms with Crippen molar-refractivity contribution in [2.24, 2.45) is 5.41 Å². The minimum Gasteiger partial charge on any atom is -0.444 e. The molecule has 0 aliphatic carbocycles. The summed E-state index contributed by atoms with van der Waals surface area (Å²) in [6, 6.07) is 2.07. The summed E-state index contributed by atoms with van der Waals surface area (Å²) in [5.74, 6) is 0. The van der Waals surface area contributed by atoms with Crippen LogP contribution in [-0.2, 0) is 4.74 Å². The second-order valence-electron chi connectivity index (χ2n) is 5.77. The van der Waals surface area contributed by atoms with Crippen LogP contribution in [0.5, 0.6) is 0 Å². The zero-order valence-corrected chi connectivity index (χ0v) is 11.5. The van der Waals surface area contributed by atoms with Gasteiger partial charge in [0.25, 0.3) is 0 Å². The average Bonchev–Trinajstić information content (AvgIpc) is 2.27. The standard InChI is InChI=1S/C13H21FN2O2/c1-5-13(9-15)6-7-16(8-10(13)14)11(17)18-12(2,3)4/h10H,5-8H2,1-4H3. The van der Waals surface area contributed by atoms with Crippen molar-refractivity contribution < 1.29 is 13.9 Å². The number of hydrogen-bond donors (Lipinski definition) is 0. The van der Waals surface area contributed by atoms with Crippen molar-refractivity contribution >= 4 is 6.09 Å². The molecule has 0 N–H and O–H groups in total. The molecule has 1 saturated heterocycles. The predicted octanol–water partition coefficient (Wildman–Crippen LogP) is 2.89. The van der Waals surface area contributed by atoms with E-state index < -0.39 is 23.3 Å². The minimum atomic E-state index is -1.31. The lowest BCUT2D eigenvalue weighted by Crippen LogP contribution is -2.51. The van der Waals surface area contributed by atoms with Crippen molar-refractivity contribution in [2.45, 2.75) is 52.3 Å². The summed E-state index contributed by atoms with van der Waals surface area (Å²) >= 11 is 0. The van der Waals surface area contributed by atoms with Gasteiger partial charge in [-0.1, -0.05) is 6.92 Å². The maximum Gasteiger partial charge on any atom is 0.410 e. The van der Waals surface area contributed by atoms with Gasteiger partial charge in [-0.3, -0.25) is 0 Å². The van der Waals surface area contributed by atoms with E-state index in [-0.39, 0.29) is 6.54 Å². The molecule has 102 valence electrons. The van der Waals surface area contributed by atoms with Crippen molar-refractivity contribution in [3.05, 3.63) is 0 Å². The maximum absolute atomic E-state index is 14.1. The Hall–Kier alpha value is -1.31. The number of ether oxygens (including phenoxy) is 1. The van der Waals surface area contributed by atoms with Crippen LogP contribution < -0.4 is 0 Å². The summed E-state index contributed by atoms with van der Waals surface area (Å²) in [7, 11) is 0. The highest BCUT2D eigenvalue weighted by Gasteiger charge is 2.44. The fourth-order valence-corrected chi connectivity index (χ4v) is 2.05. The van der Waals surface area contributed by atoms with Crippen LogP contribution in [0.4, 0.5) is 9.18 Å². The summed E-state index contributed by atoms with van der Waals surface area (Å²) in [6.45, 7) is 7.43. The van der Waals surface area contributed by atoms with Gasteiger partial charge in [0.2, 0.25) is 0 Å². The lowest BCUT2D eigenvalue weighted by molar-refractivity contribution is -0.00604. The molecule has 0 aromatic rings. The summed E-state index contributed by atoms with van der Waals surface area (Å²) in [6.07, 6.45) is -0.991. The van der Waals surface area contributed by atoms with Gasteiger partial charge in [0, 0.05) is 6.54 Å². The van der Waals surface area contributed by atoms with Gasteiger partial charge in [-0.15, -0.1) is 0 Å². The maximum atomic E-state index is 14.1. The highest BCUT2D eigenvalue weighted by Crippen LogP contribution is 2.36. The molecule has 5 heteroatoms. The Balaban J connectivity index is 2.67. The number of nitrogens with zero attached hydrogens (tertiary/aromatic N) is 2. The third-order valence-corrected chi connectivity index (χ3v) is 3.31. The highest BCUT2D eigenvalue weighted by atomic mass is 19.1. The zero-order chi connectivity index (χ0) is 14.0. The van der Waals surface area contributed by atoms with Crippen molar-refractivity contribution in [1.82, 2.24) is 4.90 Å². The number of amides is 1. The Bertz CT molecular complexity index is 359. The summed E-state index contributed by atoms with van der Waals surface area (Å²) < 4.78 is 19.3. The predicted molar refractivity (Wildman–Crippen MR) is 65.7 cm³/mol. The first kappa shape index (κ1) is 14.7. The molecule has 0 aromatic heterocycles. The lowest BCUT2D eigenvalue weighted by Gasteiger charge is -2.39. The largest absolute Gasteiger partial charge is 0.444 e. The molecule has 0 spiro atoms. The number of hydrogen-bond acceptors (Lipinski definition) is 3. The van der Waals surface area contributed by atoms with Gasteiger partial charge in [0.1, 0.15) is 11.8 Å². The summed E-state index contributed by atoms with van der Waals surface area (Å²) in [5.41, 5.74) is -1.53. The Labute approximate surface area is 108 Å². The first-order valence-electron chi connectivity index (χ1n) is 6.27. The van der Waals surface area contributed by atoms with Gasteiger partial charge in [-0.05, 0) is 33.6 Å². The Kier molecular flexibility index (Phi) is 4.20. The molecule has 0 bridgehead atoms. The van der Waals surface area contributed by atoms with Gasteiger partial charge >= 0.3 is 6.09 Å². The quantitative estimate of drug-likeness (QED) is 0.725. The van der Waals surface area contributed by atoms with Gasteiger partial charge in [0.05, 0.1) is 18.0 Å². The number of likely N-dealkylation sites (tertiary alicyclic amines) is 1. The molecule has 1 fully saturated rings. The number of carbonyl (C=O) groups excluding carboxylic acids is 1. The smallest absolute Gasteiger partial charge is 0.410 e. The first-order chi connectivity index (χ1) is 8.24. The van der Waals surface area contributed by atoms with E-state index in [9.17, 15) is 9.18 Å². The number of carbonyl (C=O) groups is 1. The average molecular weight is 256 g/mol. The third-order valence-electron chi connectivity index (χ3n) is 3.31. The van der Waals surface area contributed by atoms with E-state index in [0.717, 1.165) is 0 Å². The molecule has 0 saturated carbocycles. The summed E-state index contributed by atoms with van der Waals surface area (Å²) in [5, 5.41) is 9.10. The molecule has 1 aliphatic heterocycles. The van der Waals surface area contributed by atoms with E-state index in [1.807, 2.05) is 0 Å². The molecule has 1 amide bonds. The van der Waals surface area contributed by atoms with Gasteiger partial charge in [-0.2, -0.15) is 5.26 Å². The van der Waals surface area contributed by atoms with Crippen LogP contribution in [0, 0.1) is 16.7 Å². The molecule has 0 aromatic carbocycles. The first-order valence-corrected chi connectivity index (χ1v) is 6.27. The van der Waals surface area contributed by atoms with Crippen molar-refractivity contribution in [1.29, 1.82) is 5.26 Å². The van der Waals surface area contributed by atoms with Crippen molar-refractivity contribution in [3.63, 3.8) is 0 Å². The van der Waals surface area contributed by atoms with E-state index in [1.165, 1.54) is 4.90 Å². The van der Waals surface area contributed by atoms with Crippen LogP contribution in [0.25, 0.3) is 0 Å². The van der Waals surface area contributed by atoms with Gasteiger partial charge in [-0.25, -0.2) is 9.18 Å². The van der Waals surface area contributed by atoms with Crippen molar-refractivity contribution in [3.8, 4) is 6.07 Å². The number of halogens is 1. The van der Waals surface area contributed by atoms with Gasteiger partial charge in [0.15, 0.2) is 0 Å². The van der Waals surface area contributed by atoms with Crippen LogP contribution in [0.1, 0.15) is 40.5 Å². The molecular formula is C13H21FN2O2. The van der Waals surface area contributed by atoms with E-state index in [2.05, 4.69) is 6.07 Å². The monoisotopic (exact) mass is 256 g/mol. The number of alkyl halides is 1. The second kappa shape index (κ2) is 5.13. The minimum absolute atomic E-state index is 0.0592. The van der Waals surface area contributed by atoms with Crippen LogP contribution in [0.2, 0.25) is 0 Å². The van der Waals surface area contributed by atoms with E-state index in [1.54, 1.807) is 27.7 Å². The number of rotatable bonds is 1. The molecule has 1 heterocycles. The van der Waals surface area contributed by atoms with Crippen LogP contribution in [0.3, 0.4) is 0 Å². The van der Waals surface area contributed by atoms with Crippen LogP contribution in [-0.4, -0.2) is 35.9 Å². The molecule has 4 nitrogen and oxygen atoms in total. The van der Waals surface area contributed by atoms with E-state index >= 15 is 0 Å². The fourth-order valence-electron chi connectivity index (χ4n) is 2.05. The Morgan fingerprint density at radius 1 is 1.61 bits per heavy atom.